The van der Waals surface area contributed by atoms with Crippen LogP contribution in [-0.2, 0) is 9.22 Å². The Morgan fingerprint density at radius 2 is 1.75 bits per heavy atom. The van der Waals surface area contributed by atoms with E-state index in [1.807, 2.05) is 0 Å². The van der Waals surface area contributed by atoms with Gasteiger partial charge in [0.05, 0.1) is 5.76 Å². The molecule has 0 radical (unpaired) electrons. The van der Waals surface area contributed by atoms with Gasteiger partial charge >= 0.3 is 0 Å². The quantitative estimate of drug-likeness (QED) is 0.423. The number of hydrogen-bond acceptors (Lipinski definition) is 2. The lowest BCUT2D eigenvalue weighted by Gasteiger charge is -2.29. The van der Waals surface area contributed by atoms with Gasteiger partial charge in [-0.05, 0) is 39.4 Å². The molecule has 0 aromatic heterocycles. The van der Waals surface area contributed by atoms with Crippen LogP contribution in [0, 0.1) is 5.92 Å². The van der Waals surface area contributed by atoms with Crippen LogP contribution in [0.2, 0.25) is 19.6 Å². The molecular formula is C13H24O2Si. The number of allylic oxidation sites excluding steroid dienone is 2. The van der Waals surface area contributed by atoms with Crippen LogP contribution in [0.15, 0.2) is 11.8 Å². The van der Waals surface area contributed by atoms with Crippen LogP contribution in [0.3, 0.4) is 0 Å². The summed E-state index contributed by atoms with van der Waals surface area (Å²) >= 11 is 0. The molecule has 0 amide bonds. The zero-order chi connectivity index (χ0) is 12.2. The van der Waals surface area contributed by atoms with Crippen molar-refractivity contribution in [2.75, 3.05) is 0 Å². The molecule has 1 rings (SSSR count). The van der Waals surface area contributed by atoms with Crippen molar-refractivity contribution < 1.29 is 9.22 Å². The molecule has 0 spiro atoms. The molecule has 0 N–H and O–H groups in total. The van der Waals surface area contributed by atoms with Crippen LogP contribution in [0.4, 0.5) is 0 Å². The summed E-state index contributed by atoms with van der Waals surface area (Å²) in [4.78, 5) is 11.2. The second-order valence-electron chi connectivity index (χ2n) is 5.71. The first kappa shape index (κ1) is 13.5. The molecule has 0 unspecified atom stereocenters. The normalized spacial score (nSPS) is 19.6. The van der Waals surface area contributed by atoms with Gasteiger partial charge in [0.2, 0.25) is 8.32 Å². The van der Waals surface area contributed by atoms with E-state index in [9.17, 15) is 4.79 Å². The minimum atomic E-state index is -1.59. The van der Waals surface area contributed by atoms with Crippen LogP contribution in [-0.4, -0.2) is 14.1 Å². The Labute approximate surface area is 100 Å². The maximum Gasteiger partial charge on any atom is 0.241 e. The minimum Gasteiger partial charge on any atom is -0.547 e. The monoisotopic (exact) mass is 240 g/mol. The summed E-state index contributed by atoms with van der Waals surface area (Å²) < 4.78 is 6.07. The van der Waals surface area contributed by atoms with Crippen molar-refractivity contribution in [2.45, 2.75) is 58.7 Å². The average Bonchev–Trinajstić information content (AvgIpc) is 2.15. The van der Waals surface area contributed by atoms with E-state index in [0.717, 1.165) is 5.76 Å². The van der Waals surface area contributed by atoms with Gasteiger partial charge in [0.15, 0.2) is 5.78 Å². The molecule has 1 saturated carbocycles. The number of hydrogen-bond donors (Lipinski definition) is 0. The van der Waals surface area contributed by atoms with Crippen molar-refractivity contribution in [1.29, 1.82) is 0 Å². The Bertz CT molecular complexity index is 270. The van der Waals surface area contributed by atoms with E-state index in [-0.39, 0.29) is 5.78 Å². The second kappa shape index (κ2) is 5.67. The van der Waals surface area contributed by atoms with E-state index < -0.39 is 8.32 Å². The van der Waals surface area contributed by atoms with Crippen molar-refractivity contribution in [3.8, 4) is 0 Å². The molecule has 16 heavy (non-hydrogen) atoms. The molecule has 0 aromatic carbocycles. The topological polar surface area (TPSA) is 26.3 Å². The van der Waals surface area contributed by atoms with Crippen LogP contribution in [0.25, 0.3) is 0 Å². The third kappa shape index (κ3) is 4.97. The Hall–Kier alpha value is -0.573. The highest BCUT2D eigenvalue weighted by molar-refractivity contribution is 6.70. The van der Waals surface area contributed by atoms with Gasteiger partial charge in [-0.3, -0.25) is 4.79 Å². The molecule has 3 heteroatoms. The fourth-order valence-electron chi connectivity index (χ4n) is 2.17. The summed E-state index contributed by atoms with van der Waals surface area (Å²) in [5, 5.41) is 0. The molecule has 0 atom stereocenters. The molecule has 0 aliphatic heterocycles. The van der Waals surface area contributed by atoms with Gasteiger partial charge < -0.3 is 4.43 Å². The molecule has 0 heterocycles. The highest BCUT2D eigenvalue weighted by Crippen LogP contribution is 2.31. The van der Waals surface area contributed by atoms with Gasteiger partial charge in [-0.1, -0.05) is 19.3 Å². The molecule has 1 fully saturated rings. The third-order valence-electron chi connectivity index (χ3n) is 2.78. The predicted molar refractivity (Wildman–Crippen MR) is 69.8 cm³/mol. The van der Waals surface area contributed by atoms with Gasteiger partial charge in [-0.2, -0.15) is 0 Å². The van der Waals surface area contributed by atoms with E-state index in [0.29, 0.717) is 5.92 Å². The van der Waals surface area contributed by atoms with Gasteiger partial charge in [-0.25, -0.2) is 0 Å². The molecule has 0 aromatic rings. The Morgan fingerprint density at radius 3 is 2.19 bits per heavy atom. The predicted octanol–water partition coefficient (Wildman–Crippen LogP) is 3.89. The molecule has 1 aliphatic rings. The largest absolute Gasteiger partial charge is 0.547 e. The first-order valence-corrected chi connectivity index (χ1v) is 9.70. The van der Waals surface area contributed by atoms with E-state index in [1.165, 1.54) is 32.1 Å². The van der Waals surface area contributed by atoms with Gasteiger partial charge in [0, 0.05) is 12.0 Å². The molecule has 92 valence electrons. The zero-order valence-electron chi connectivity index (χ0n) is 11.0. The highest BCUT2D eigenvalue weighted by atomic mass is 28.4. The van der Waals surface area contributed by atoms with E-state index in [1.54, 1.807) is 13.0 Å². The highest BCUT2D eigenvalue weighted by Gasteiger charge is 2.25. The Balaban J connectivity index is 2.74. The van der Waals surface area contributed by atoms with E-state index >= 15 is 0 Å². The molecule has 0 saturated heterocycles. The lowest BCUT2D eigenvalue weighted by atomic mass is 9.87. The number of carbonyl (C=O) groups excluding carboxylic acids is 1. The molecule has 1 aliphatic carbocycles. The number of ketones is 1. The first-order chi connectivity index (χ1) is 7.38. The average molecular weight is 240 g/mol. The minimum absolute atomic E-state index is 0.110. The fraction of sp³-hybridized carbons (Fsp3) is 0.769. The Kier molecular flexibility index (Phi) is 4.78. The summed E-state index contributed by atoms with van der Waals surface area (Å²) in [6, 6.07) is 0. The first-order valence-electron chi connectivity index (χ1n) is 6.29. The van der Waals surface area contributed by atoms with Crippen LogP contribution in [0.5, 0.6) is 0 Å². The Morgan fingerprint density at radius 1 is 1.19 bits per heavy atom. The van der Waals surface area contributed by atoms with Gasteiger partial charge in [0.25, 0.3) is 0 Å². The van der Waals surface area contributed by atoms with E-state index in [4.69, 9.17) is 4.43 Å². The van der Waals surface area contributed by atoms with Crippen molar-refractivity contribution in [1.82, 2.24) is 0 Å². The standard InChI is InChI=1S/C13H24O2Si/c1-11(14)10-13(15-16(2,3)4)12-8-6-5-7-9-12/h10,12H,5-9H2,1-4H3/b13-10-. The van der Waals surface area contributed by atoms with Crippen LogP contribution < -0.4 is 0 Å². The van der Waals surface area contributed by atoms with E-state index in [2.05, 4.69) is 19.6 Å². The molecular weight excluding hydrogens is 216 g/mol. The third-order valence-corrected chi connectivity index (χ3v) is 3.63. The van der Waals surface area contributed by atoms with Gasteiger partial charge in [-0.15, -0.1) is 0 Å². The van der Waals surface area contributed by atoms with Crippen molar-refractivity contribution >= 4 is 14.1 Å². The summed E-state index contributed by atoms with van der Waals surface area (Å²) in [7, 11) is -1.59. The summed E-state index contributed by atoms with van der Waals surface area (Å²) in [6.07, 6.45) is 7.96. The zero-order valence-corrected chi connectivity index (χ0v) is 12.0. The van der Waals surface area contributed by atoms with Crippen LogP contribution >= 0.6 is 0 Å². The lowest BCUT2D eigenvalue weighted by molar-refractivity contribution is -0.112. The maximum atomic E-state index is 11.2. The van der Waals surface area contributed by atoms with Gasteiger partial charge in [0.1, 0.15) is 0 Å². The SMILES string of the molecule is CC(=O)/C=C(\O[Si](C)(C)C)C1CCCCC1. The summed E-state index contributed by atoms with van der Waals surface area (Å²) in [5.41, 5.74) is 0. The fourth-order valence-corrected chi connectivity index (χ4v) is 3.10. The molecule has 0 bridgehead atoms. The summed E-state index contributed by atoms with van der Waals surface area (Å²) in [6.45, 7) is 8.12. The van der Waals surface area contributed by atoms with Crippen molar-refractivity contribution in [3.63, 3.8) is 0 Å². The number of carbonyl (C=O) groups is 1. The van der Waals surface area contributed by atoms with Crippen LogP contribution in [0.1, 0.15) is 39.0 Å². The van der Waals surface area contributed by atoms with Crippen molar-refractivity contribution in [3.05, 3.63) is 11.8 Å². The summed E-state index contributed by atoms with van der Waals surface area (Å²) in [5.74, 6) is 1.56. The van der Waals surface area contributed by atoms with Crippen molar-refractivity contribution in [2.24, 2.45) is 5.92 Å². The smallest absolute Gasteiger partial charge is 0.241 e. The number of rotatable bonds is 4. The maximum absolute atomic E-state index is 11.2. The second-order valence-corrected chi connectivity index (χ2v) is 10.1. The molecule has 2 nitrogen and oxygen atoms in total. The lowest BCUT2D eigenvalue weighted by Crippen LogP contribution is -2.28.